The average Bonchev–Trinajstić information content (AvgIpc) is 2.95. The van der Waals surface area contributed by atoms with Gasteiger partial charge in [-0.1, -0.05) is 18.2 Å². The van der Waals surface area contributed by atoms with Crippen LogP contribution in [0.4, 0.5) is 5.69 Å². The molecule has 1 amide bonds. The standard InChI is InChI=1S/C18H16N2O3S/c1-12(21)19-13-5-4-6-14(11-13)23-18(22)10-9-17-20-15-7-2-3-8-16(15)24-17/h2-8,11H,9-10H2,1H3,(H,19,21). The molecule has 1 heterocycles. The Bertz CT molecular complexity index is 856. The van der Waals surface area contributed by atoms with E-state index in [4.69, 9.17) is 4.74 Å². The number of amides is 1. The van der Waals surface area contributed by atoms with Crippen LogP contribution in [0.3, 0.4) is 0 Å². The Morgan fingerprint density at radius 3 is 2.79 bits per heavy atom. The number of fused-ring (bicyclic) bond motifs is 1. The van der Waals surface area contributed by atoms with Crippen molar-refractivity contribution in [2.24, 2.45) is 0 Å². The smallest absolute Gasteiger partial charge is 0.311 e. The maximum Gasteiger partial charge on any atom is 0.311 e. The summed E-state index contributed by atoms with van der Waals surface area (Å²) in [5.41, 5.74) is 1.55. The van der Waals surface area contributed by atoms with Gasteiger partial charge in [0.1, 0.15) is 5.75 Å². The van der Waals surface area contributed by atoms with E-state index in [9.17, 15) is 9.59 Å². The number of carbonyl (C=O) groups excluding carboxylic acids is 2. The van der Waals surface area contributed by atoms with Crippen LogP contribution >= 0.6 is 11.3 Å². The van der Waals surface area contributed by atoms with Crippen LogP contribution in [-0.4, -0.2) is 16.9 Å². The fourth-order valence-corrected chi connectivity index (χ4v) is 3.23. The van der Waals surface area contributed by atoms with Gasteiger partial charge in [0.15, 0.2) is 0 Å². The molecule has 3 rings (SSSR count). The lowest BCUT2D eigenvalue weighted by Gasteiger charge is -2.06. The number of anilines is 1. The third kappa shape index (κ3) is 4.17. The van der Waals surface area contributed by atoms with Gasteiger partial charge in [-0.3, -0.25) is 9.59 Å². The van der Waals surface area contributed by atoms with Crippen LogP contribution in [0.1, 0.15) is 18.4 Å². The van der Waals surface area contributed by atoms with Crippen molar-refractivity contribution in [2.75, 3.05) is 5.32 Å². The van der Waals surface area contributed by atoms with Crippen LogP contribution in [0.5, 0.6) is 5.75 Å². The highest BCUT2D eigenvalue weighted by atomic mass is 32.1. The summed E-state index contributed by atoms with van der Waals surface area (Å²) in [6, 6.07) is 14.7. The van der Waals surface area contributed by atoms with Gasteiger partial charge in [-0.2, -0.15) is 0 Å². The Morgan fingerprint density at radius 1 is 1.17 bits per heavy atom. The number of hydrogen-bond donors (Lipinski definition) is 1. The number of benzene rings is 2. The van der Waals surface area contributed by atoms with Crippen LogP contribution < -0.4 is 10.1 Å². The summed E-state index contributed by atoms with van der Waals surface area (Å²) >= 11 is 1.59. The maximum atomic E-state index is 12.0. The van der Waals surface area contributed by atoms with Crippen LogP contribution in [0.2, 0.25) is 0 Å². The molecule has 0 aliphatic rings. The van der Waals surface area contributed by atoms with E-state index in [0.717, 1.165) is 15.2 Å². The average molecular weight is 340 g/mol. The highest BCUT2D eigenvalue weighted by Crippen LogP contribution is 2.23. The number of aryl methyl sites for hydroxylation is 1. The first-order chi connectivity index (χ1) is 11.6. The lowest BCUT2D eigenvalue weighted by Crippen LogP contribution is -2.10. The molecule has 0 saturated heterocycles. The fraction of sp³-hybridized carbons (Fsp3) is 0.167. The van der Waals surface area contributed by atoms with Crippen molar-refractivity contribution in [1.82, 2.24) is 4.98 Å². The van der Waals surface area contributed by atoms with Gasteiger partial charge in [0, 0.05) is 25.1 Å². The van der Waals surface area contributed by atoms with Crippen molar-refractivity contribution in [3.63, 3.8) is 0 Å². The summed E-state index contributed by atoms with van der Waals surface area (Å²) in [6.45, 7) is 1.43. The molecule has 0 atom stereocenters. The van der Waals surface area contributed by atoms with Crippen LogP contribution in [-0.2, 0) is 16.0 Å². The topological polar surface area (TPSA) is 68.3 Å². The Morgan fingerprint density at radius 2 is 2.00 bits per heavy atom. The molecule has 6 heteroatoms. The Hall–Kier alpha value is -2.73. The van der Waals surface area contributed by atoms with Gasteiger partial charge in [-0.15, -0.1) is 11.3 Å². The van der Waals surface area contributed by atoms with Crippen molar-refractivity contribution in [3.8, 4) is 5.75 Å². The number of para-hydroxylation sites is 1. The van der Waals surface area contributed by atoms with Crippen LogP contribution in [0.15, 0.2) is 48.5 Å². The third-order valence-electron chi connectivity index (χ3n) is 3.27. The van der Waals surface area contributed by atoms with E-state index in [1.807, 2.05) is 24.3 Å². The van der Waals surface area contributed by atoms with E-state index in [2.05, 4.69) is 10.3 Å². The summed E-state index contributed by atoms with van der Waals surface area (Å²) in [5.74, 6) is -0.0842. The molecule has 2 aromatic carbocycles. The zero-order valence-corrected chi connectivity index (χ0v) is 13.9. The molecule has 1 N–H and O–H groups in total. The lowest BCUT2D eigenvalue weighted by atomic mass is 10.3. The van der Waals surface area contributed by atoms with Crippen molar-refractivity contribution in [3.05, 3.63) is 53.5 Å². The lowest BCUT2D eigenvalue weighted by molar-refractivity contribution is -0.134. The largest absolute Gasteiger partial charge is 0.426 e. The number of ether oxygens (including phenoxy) is 1. The molecule has 0 aliphatic carbocycles. The number of aromatic nitrogens is 1. The molecule has 5 nitrogen and oxygen atoms in total. The summed E-state index contributed by atoms with van der Waals surface area (Å²) in [7, 11) is 0. The molecule has 0 bridgehead atoms. The second-order valence-electron chi connectivity index (χ2n) is 5.26. The second-order valence-corrected chi connectivity index (χ2v) is 6.37. The number of esters is 1. The zero-order valence-electron chi connectivity index (χ0n) is 13.1. The Kier molecular flexibility index (Phi) is 4.86. The van der Waals surface area contributed by atoms with Gasteiger partial charge < -0.3 is 10.1 Å². The maximum absolute atomic E-state index is 12.0. The van der Waals surface area contributed by atoms with Gasteiger partial charge in [0.25, 0.3) is 0 Å². The van der Waals surface area contributed by atoms with E-state index >= 15 is 0 Å². The van der Waals surface area contributed by atoms with Crippen molar-refractivity contribution < 1.29 is 14.3 Å². The van der Waals surface area contributed by atoms with E-state index in [-0.39, 0.29) is 18.3 Å². The second kappa shape index (κ2) is 7.23. The summed E-state index contributed by atoms with van der Waals surface area (Å²) in [5, 5.41) is 3.57. The van der Waals surface area contributed by atoms with Crippen molar-refractivity contribution >= 4 is 39.1 Å². The quantitative estimate of drug-likeness (QED) is 0.567. The van der Waals surface area contributed by atoms with Gasteiger partial charge in [-0.05, 0) is 24.3 Å². The molecule has 3 aromatic rings. The minimum absolute atomic E-state index is 0.172. The molecule has 0 saturated carbocycles. The number of carbonyl (C=O) groups is 2. The normalized spacial score (nSPS) is 10.5. The van der Waals surface area contributed by atoms with E-state index in [1.54, 1.807) is 35.6 Å². The predicted octanol–water partition coefficient (Wildman–Crippen LogP) is 3.79. The van der Waals surface area contributed by atoms with Gasteiger partial charge >= 0.3 is 5.97 Å². The highest BCUT2D eigenvalue weighted by molar-refractivity contribution is 7.18. The Balaban J connectivity index is 1.58. The monoisotopic (exact) mass is 340 g/mol. The number of thiazole rings is 1. The first kappa shape index (κ1) is 16.1. The molecule has 24 heavy (non-hydrogen) atoms. The van der Waals surface area contributed by atoms with Gasteiger partial charge in [0.05, 0.1) is 21.6 Å². The van der Waals surface area contributed by atoms with E-state index < -0.39 is 0 Å². The summed E-state index contributed by atoms with van der Waals surface area (Å²) in [6.07, 6.45) is 0.799. The van der Waals surface area contributed by atoms with Crippen LogP contribution in [0.25, 0.3) is 10.2 Å². The number of nitrogens with zero attached hydrogens (tertiary/aromatic N) is 1. The molecule has 122 valence electrons. The summed E-state index contributed by atoms with van der Waals surface area (Å²) < 4.78 is 6.43. The SMILES string of the molecule is CC(=O)Nc1cccc(OC(=O)CCc2nc3ccccc3s2)c1. The first-order valence-electron chi connectivity index (χ1n) is 7.53. The molecule has 0 unspecified atom stereocenters. The van der Waals surface area contributed by atoms with Crippen molar-refractivity contribution in [1.29, 1.82) is 0 Å². The molecule has 1 aromatic heterocycles. The Labute approximate surface area is 143 Å². The fourth-order valence-electron chi connectivity index (χ4n) is 2.26. The molecular formula is C18H16N2O3S. The molecule has 0 radical (unpaired) electrons. The zero-order chi connectivity index (χ0) is 16.9. The minimum atomic E-state index is -0.325. The molecule has 0 aliphatic heterocycles. The number of rotatable bonds is 5. The van der Waals surface area contributed by atoms with E-state index in [1.165, 1.54) is 6.92 Å². The predicted molar refractivity (Wildman–Crippen MR) is 94.3 cm³/mol. The third-order valence-corrected chi connectivity index (χ3v) is 4.36. The number of nitrogens with one attached hydrogen (secondary N) is 1. The van der Waals surface area contributed by atoms with E-state index in [0.29, 0.717) is 17.9 Å². The van der Waals surface area contributed by atoms with Crippen LogP contribution in [0, 0.1) is 0 Å². The van der Waals surface area contributed by atoms with Gasteiger partial charge in [0.2, 0.25) is 5.91 Å². The minimum Gasteiger partial charge on any atom is -0.426 e. The first-order valence-corrected chi connectivity index (χ1v) is 8.34. The highest BCUT2D eigenvalue weighted by Gasteiger charge is 2.09. The molecule has 0 fully saturated rings. The molecular weight excluding hydrogens is 324 g/mol. The summed E-state index contributed by atoms with van der Waals surface area (Å²) in [4.78, 5) is 27.6. The van der Waals surface area contributed by atoms with Gasteiger partial charge in [-0.25, -0.2) is 4.98 Å². The van der Waals surface area contributed by atoms with Crippen molar-refractivity contribution in [2.45, 2.75) is 19.8 Å². The number of hydrogen-bond acceptors (Lipinski definition) is 5. The molecule has 0 spiro atoms.